The summed E-state index contributed by atoms with van der Waals surface area (Å²) in [5, 5.41) is 9.14. The van der Waals surface area contributed by atoms with Gasteiger partial charge in [-0.2, -0.15) is 0 Å². The Morgan fingerprint density at radius 2 is 2.16 bits per heavy atom. The third-order valence-corrected chi connectivity index (χ3v) is 3.42. The number of pyridine rings is 1. The minimum atomic E-state index is -0.883. The van der Waals surface area contributed by atoms with Gasteiger partial charge >= 0.3 is 5.97 Å². The van der Waals surface area contributed by atoms with E-state index in [9.17, 15) is 4.79 Å². The monoisotopic (exact) mass is 262 g/mol. The minimum Gasteiger partial charge on any atom is -0.478 e. The van der Waals surface area contributed by atoms with E-state index in [-0.39, 0.29) is 0 Å². The summed E-state index contributed by atoms with van der Waals surface area (Å²) in [6, 6.07) is 3.88. The standard InChI is InChI=1S/C15H22N2O2/c1-10(2)6-7-17(13-4-5-13)14-9-12(15(18)19)8-11(3)16-14/h8-10,13H,4-7H2,1-3H3,(H,18,19). The van der Waals surface area contributed by atoms with Crippen LogP contribution in [-0.4, -0.2) is 28.6 Å². The number of carboxylic acid groups (broad SMARTS) is 1. The summed E-state index contributed by atoms with van der Waals surface area (Å²) in [6.07, 6.45) is 3.49. The zero-order valence-corrected chi connectivity index (χ0v) is 11.9. The molecule has 0 radical (unpaired) electrons. The summed E-state index contributed by atoms with van der Waals surface area (Å²) < 4.78 is 0. The molecule has 1 fully saturated rings. The summed E-state index contributed by atoms with van der Waals surface area (Å²) in [6.45, 7) is 7.22. The number of carboxylic acids is 1. The van der Waals surface area contributed by atoms with Crippen LogP contribution >= 0.6 is 0 Å². The molecule has 104 valence electrons. The maximum Gasteiger partial charge on any atom is 0.335 e. The van der Waals surface area contributed by atoms with Gasteiger partial charge in [-0.25, -0.2) is 9.78 Å². The van der Waals surface area contributed by atoms with Crippen molar-refractivity contribution < 1.29 is 9.90 Å². The zero-order chi connectivity index (χ0) is 14.0. The molecule has 1 saturated carbocycles. The molecule has 1 aliphatic rings. The lowest BCUT2D eigenvalue weighted by molar-refractivity contribution is 0.0696. The number of aromatic carboxylic acids is 1. The summed E-state index contributed by atoms with van der Waals surface area (Å²) in [7, 11) is 0. The van der Waals surface area contributed by atoms with E-state index in [2.05, 4.69) is 23.7 Å². The van der Waals surface area contributed by atoms with Crippen LogP contribution in [0.25, 0.3) is 0 Å². The minimum absolute atomic E-state index is 0.331. The molecule has 4 nitrogen and oxygen atoms in total. The predicted octanol–water partition coefficient (Wildman–Crippen LogP) is 3.10. The fraction of sp³-hybridized carbons (Fsp3) is 0.600. The second-order valence-electron chi connectivity index (χ2n) is 5.77. The molecule has 0 unspecified atom stereocenters. The Bertz CT molecular complexity index is 467. The maximum absolute atomic E-state index is 11.1. The van der Waals surface area contributed by atoms with Crippen LogP contribution in [0.3, 0.4) is 0 Å². The third-order valence-electron chi connectivity index (χ3n) is 3.42. The van der Waals surface area contributed by atoms with Gasteiger partial charge in [0.05, 0.1) is 5.56 Å². The van der Waals surface area contributed by atoms with Crippen LogP contribution in [0.15, 0.2) is 12.1 Å². The molecule has 0 amide bonds. The highest BCUT2D eigenvalue weighted by molar-refractivity contribution is 5.88. The first-order valence-electron chi connectivity index (χ1n) is 6.96. The second-order valence-corrected chi connectivity index (χ2v) is 5.77. The lowest BCUT2D eigenvalue weighted by Crippen LogP contribution is -2.29. The summed E-state index contributed by atoms with van der Waals surface area (Å²) in [5.41, 5.74) is 1.10. The van der Waals surface area contributed by atoms with Gasteiger partial charge < -0.3 is 10.0 Å². The fourth-order valence-electron chi connectivity index (χ4n) is 2.19. The quantitative estimate of drug-likeness (QED) is 0.856. The van der Waals surface area contributed by atoms with Gasteiger partial charge in [-0.15, -0.1) is 0 Å². The molecule has 4 heteroatoms. The Morgan fingerprint density at radius 1 is 1.47 bits per heavy atom. The molecule has 0 atom stereocenters. The number of nitrogens with zero attached hydrogens (tertiary/aromatic N) is 2. The number of hydrogen-bond acceptors (Lipinski definition) is 3. The lowest BCUT2D eigenvalue weighted by Gasteiger charge is -2.25. The van der Waals surface area contributed by atoms with E-state index in [1.807, 2.05) is 6.92 Å². The summed E-state index contributed by atoms with van der Waals surface area (Å²) in [4.78, 5) is 17.9. The highest BCUT2D eigenvalue weighted by atomic mass is 16.4. The van der Waals surface area contributed by atoms with E-state index in [1.165, 1.54) is 12.8 Å². The van der Waals surface area contributed by atoms with Crippen molar-refractivity contribution in [3.05, 3.63) is 23.4 Å². The van der Waals surface area contributed by atoms with Gasteiger partial charge in [-0.3, -0.25) is 0 Å². The van der Waals surface area contributed by atoms with Gasteiger partial charge in [-0.05, 0) is 44.2 Å². The van der Waals surface area contributed by atoms with E-state index in [1.54, 1.807) is 12.1 Å². The highest BCUT2D eigenvalue weighted by Gasteiger charge is 2.30. The van der Waals surface area contributed by atoms with Crippen LogP contribution in [0, 0.1) is 12.8 Å². The molecule has 0 aromatic carbocycles. The van der Waals surface area contributed by atoms with E-state index in [0.29, 0.717) is 17.5 Å². The molecule has 1 aromatic heterocycles. The molecule has 1 aromatic rings. The van der Waals surface area contributed by atoms with Gasteiger partial charge in [0.25, 0.3) is 0 Å². The zero-order valence-electron chi connectivity index (χ0n) is 11.9. The van der Waals surface area contributed by atoms with E-state index < -0.39 is 5.97 Å². The number of aryl methyl sites for hydroxylation is 1. The normalized spacial score (nSPS) is 14.7. The Hall–Kier alpha value is -1.58. The Balaban J connectivity index is 2.23. The van der Waals surface area contributed by atoms with Crippen molar-refractivity contribution in [2.24, 2.45) is 5.92 Å². The molecule has 1 aliphatic carbocycles. The molecule has 0 saturated heterocycles. The van der Waals surface area contributed by atoms with Crippen molar-refractivity contribution in [3.63, 3.8) is 0 Å². The van der Waals surface area contributed by atoms with Gasteiger partial charge in [0.1, 0.15) is 5.82 Å². The Morgan fingerprint density at radius 3 is 2.68 bits per heavy atom. The van der Waals surface area contributed by atoms with E-state index >= 15 is 0 Å². The summed E-state index contributed by atoms with van der Waals surface area (Å²) in [5.74, 6) is 0.580. The topological polar surface area (TPSA) is 53.4 Å². The van der Waals surface area contributed by atoms with Gasteiger partial charge in [0, 0.05) is 18.3 Å². The average molecular weight is 262 g/mol. The third kappa shape index (κ3) is 3.69. The number of anilines is 1. The Labute approximate surface area is 114 Å². The van der Waals surface area contributed by atoms with Crippen molar-refractivity contribution in [1.29, 1.82) is 0 Å². The molecule has 1 heterocycles. The van der Waals surface area contributed by atoms with Crippen molar-refractivity contribution in [3.8, 4) is 0 Å². The smallest absolute Gasteiger partial charge is 0.335 e. The average Bonchev–Trinajstić information content (AvgIpc) is 3.12. The van der Waals surface area contributed by atoms with Crippen LogP contribution in [0.1, 0.15) is 49.2 Å². The van der Waals surface area contributed by atoms with Crippen molar-refractivity contribution in [1.82, 2.24) is 4.98 Å². The molecule has 0 spiro atoms. The molecule has 2 rings (SSSR count). The highest BCUT2D eigenvalue weighted by Crippen LogP contribution is 2.31. The van der Waals surface area contributed by atoms with Crippen LogP contribution in [0.4, 0.5) is 5.82 Å². The van der Waals surface area contributed by atoms with E-state index in [4.69, 9.17) is 5.11 Å². The van der Waals surface area contributed by atoms with E-state index in [0.717, 1.165) is 24.5 Å². The Kier molecular flexibility index (Phi) is 4.08. The molecular weight excluding hydrogens is 240 g/mol. The van der Waals surface area contributed by atoms with Gasteiger partial charge in [-0.1, -0.05) is 13.8 Å². The van der Waals surface area contributed by atoms with Crippen LogP contribution in [0.2, 0.25) is 0 Å². The molecule has 0 bridgehead atoms. The van der Waals surface area contributed by atoms with Crippen molar-refractivity contribution >= 4 is 11.8 Å². The largest absolute Gasteiger partial charge is 0.478 e. The first kappa shape index (κ1) is 13.8. The van der Waals surface area contributed by atoms with Crippen LogP contribution in [-0.2, 0) is 0 Å². The summed E-state index contributed by atoms with van der Waals surface area (Å²) >= 11 is 0. The predicted molar refractivity (Wildman–Crippen MR) is 75.8 cm³/mol. The van der Waals surface area contributed by atoms with Crippen LogP contribution < -0.4 is 4.90 Å². The van der Waals surface area contributed by atoms with Gasteiger partial charge in [0.15, 0.2) is 0 Å². The molecular formula is C15H22N2O2. The first-order valence-corrected chi connectivity index (χ1v) is 6.96. The number of rotatable bonds is 6. The van der Waals surface area contributed by atoms with Crippen LogP contribution in [0.5, 0.6) is 0 Å². The van der Waals surface area contributed by atoms with Gasteiger partial charge in [0.2, 0.25) is 0 Å². The SMILES string of the molecule is Cc1cc(C(=O)O)cc(N(CCC(C)C)C2CC2)n1. The number of hydrogen-bond donors (Lipinski definition) is 1. The van der Waals surface area contributed by atoms with Crippen molar-refractivity contribution in [2.45, 2.75) is 46.1 Å². The first-order chi connectivity index (χ1) is 8.97. The molecule has 1 N–H and O–H groups in total. The maximum atomic E-state index is 11.1. The van der Waals surface area contributed by atoms with Crippen molar-refractivity contribution in [2.75, 3.05) is 11.4 Å². The molecule has 19 heavy (non-hydrogen) atoms. The lowest BCUT2D eigenvalue weighted by atomic mass is 10.1. The number of aromatic nitrogens is 1. The fourth-order valence-corrected chi connectivity index (χ4v) is 2.19. The second kappa shape index (κ2) is 5.59. The number of carbonyl (C=O) groups is 1. The molecule has 0 aliphatic heterocycles.